The molecule has 3 rings (SSSR count). The first kappa shape index (κ1) is 19.6. The predicted octanol–water partition coefficient (Wildman–Crippen LogP) is 2.84. The summed E-state index contributed by atoms with van der Waals surface area (Å²) in [6.07, 6.45) is 4.49. The third kappa shape index (κ3) is 4.09. The van der Waals surface area contributed by atoms with Crippen LogP contribution in [0.5, 0.6) is 0 Å². The summed E-state index contributed by atoms with van der Waals surface area (Å²) in [6, 6.07) is 11.0. The van der Waals surface area contributed by atoms with Crippen LogP contribution in [0.15, 0.2) is 47.5 Å². The van der Waals surface area contributed by atoms with Gasteiger partial charge in [-0.2, -0.15) is 0 Å². The Balaban J connectivity index is 1.94. The third-order valence-electron chi connectivity index (χ3n) is 5.84. The summed E-state index contributed by atoms with van der Waals surface area (Å²) in [7, 11) is -3.88. The van der Waals surface area contributed by atoms with Crippen LogP contribution in [0.2, 0.25) is 0 Å². The summed E-state index contributed by atoms with van der Waals surface area (Å²) in [4.78, 5) is 15.0. The number of amides is 1. The molecule has 1 aromatic carbocycles. The van der Waals surface area contributed by atoms with Crippen molar-refractivity contribution in [2.45, 2.75) is 44.6 Å². The molecule has 6 nitrogen and oxygen atoms in total. The van der Waals surface area contributed by atoms with E-state index in [1.54, 1.807) is 4.57 Å². The first-order valence-corrected chi connectivity index (χ1v) is 10.9. The SMILES string of the molecule is CCC1(CC)CCN(C(=O)c2cc(S(N)(=O)=O)cn2Cc2ccccc2)C1. The second kappa shape index (κ2) is 7.48. The van der Waals surface area contributed by atoms with E-state index >= 15 is 0 Å². The lowest BCUT2D eigenvalue weighted by atomic mass is 9.82. The minimum atomic E-state index is -3.88. The molecule has 0 spiro atoms. The summed E-state index contributed by atoms with van der Waals surface area (Å²) in [5.74, 6) is -0.135. The molecule has 2 aromatic rings. The molecule has 0 radical (unpaired) electrons. The Morgan fingerprint density at radius 2 is 1.85 bits per heavy atom. The molecule has 1 amide bonds. The van der Waals surface area contributed by atoms with E-state index in [-0.39, 0.29) is 16.2 Å². The van der Waals surface area contributed by atoms with E-state index in [4.69, 9.17) is 5.14 Å². The number of primary sulfonamides is 1. The molecule has 146 valence electrons. The molecule has 0 atom stereocenters. The van der Waals surface area contributed by atoms with Crippen LogP contribution >= 0.6 is 0 Å². The molecular weight excluding hydrogens is 362 g/mol. The van der Waals surface area contributed by atoms with Crippen molar-refractivity contribution in [1.29, 1.82) is 0 Å². The average Bonchev–Trinajstić information content (AvgIpc) is 3.27. The molecule has 2 N–H and O–H groups in total. The van der Waals surface area contributed by atoms with E-state index in [1.165, 1.54) is 12.3 Å². The lowest BCUT2D eigenvalue weighted by Gasteiger charge is -2.26. The largest absolute Gasteiger partial charge is 0.338 e. The zero-order valence-corrected chi connectivity index (χ0v) is 16.7. The minimum Gasteiger partial charge on any atom is -0.338 e. The molecule has 0 bridgehead atoms. The Morgan fingerprint density at radius 1 is 1.19 bits per heavy atom. The van der Waals surface area contributed by atoms with Crippen molar-refractivity contribution in [3.8, 4) is 0 Å². The molecule has 1 aromatic heterocycles. The van der Waals surface area contributed by atoms with Gasteiger partial charge < -0.3 is 9.47 Å². The van der Waals surface area contributed by atoms with Crippen molar-refractivity contribution in [2.24, 2.45) is 10.6 Å². The first-order chi connectivity index (χ1) is 12.8. The van der Waals surface area contributed by atoms with Gasteiger partial charge in [0.15, 0.2) is 0 Å². The zero-order chi connectivity index (χ0) is 19.7. The van der Waals surface area contributed by atoms with E-state index in [2.05, 4.69) is 13.8 Å². The molecular formula is C20H27N3O3S. The standard InChI is InChI=1S/C20H27N3O3S/c1-3-20(4-2)10-11-22(15-20)19(24)18-12-17(27(21,25)26)14-23(18)13-16-8-6-5-7-9-16/h5-9,12,14H,3-4,10-11,13,15H2,1-2H3,(H2,21,25,26). The topological polar surface area (TPSA) is 85.4 Å². The van der Waals surface area contributed by atoms with E-state index in [9.17, 15) is 13.2 Å². The average molecular weight is 390 g/mol. The molecule has 1 fully saturated rings. The van der Waals surface area contributed by atoms with Crippen molar-refractivity contribution < 1.29 is 13.2 Å². The van der Waals surface area contributed by atoms with E-state index < -0.39 is 10.0 Å². The van der Waals surface area contributed by atoms with E-state index in [0.29, 0.717) is 25.3 Å². The van der Waals surface area contributed by atoms with Crippen LogP contribution in [0.3, 0.4) is 0 Å². The number of hydrogen-bond acceptors (Lipinski definition) is 3. The number of sulfonamides is 1. The molecule has 1 aliphatic rings. The highest BCUT2D eigenvalue weighted by Crippen LogP contribution is 2.37. The highest BCUT2D eigenvalue weighted by atomic mass is 32.2. The number of carbonyl (C=O) groups excluding carboxylic acids is 1. The fourth-order valence-corrected chi connectivity index (χ4v) is 4.38. The van der Waals surface area contributed by atoms with Crippen LogP contribution in [0.4, 0.5) is 0 Å². The highest BCUT2D eigenvalue weighted by molar-refractivity contribution is 7.89. The van der Waals surface area contributed by atoms with Crippen LogP contribution in [-0.2, 0) is 16.6 Å². The van der Waals surface area contributed by atoms with Crippen molar-refractivity contribution in [3.05, 3.63) is 53.9 Å². The fraction of sp³-hybridized carbons (Fsp3) is 0.450. The normalized spacial score (nSPS) is 16.6. The number of benzene rings is 1. The van der Waals surface area contributed by atoms with Crippen molar-refractivity contribution in [2.75, 3.05) is 13.1 Å². The number of nitrogens with zero attached hydrogens (tertiary/aromatic N) is 2. The number of carbonyl (C=O) groups is 1. The Bertz CT molecular complexity index is 915. The highest BCUT2D eigenvalue weighted by Gasteiger charge is 2.38. The fourth-order valence-electron chi connectivity index (χ4n) is 3.83. The smallest absolute Gasteiger partial charge is 0.270 e. The van der Waals surface area contributed by atoms with Gasteiger partial charge in [0.05, 0.1) is 0 Å². The van der Waals surface area contributed by atoms with Crippen LogP contribution in [0.25, 0.3) is 0 Å². The Hall–Kier alpha value is -2.12. The Labute approximate surface area is 161 Å². The van der Waals surface area contributed by atoms with E-state index in [1.807, 2.05) is 35.2 Å². The van der Waals surface area contributed by atoms with Gasteiger partial charge in [0.1, 0.15) is 10.6 Å². The van der Waals surface area contributed by atoms with E-state index in [0.717, 1.165) is 24.8 Å². The summed E-state index contributed by atoms with van der Waals surface area (Å²) in [6.45, 7) is 6.14. The second-order valence-corrected chi connectivity index (χ2v) is 8.96. The Morgan fingerprint density at radius 3 is 2.41 bits per heavy atom. The molecule has 0 unspecified atom stereocenters. The maximum Gasteiger partial charge on any atom is 0.270 e. The van der Waals surface area contributed by atoms with Gasteiger partial charge >= 0.3 is 0 Å². The number of aromatic nitrogens is 1. The molecule has 7 heteroatoms. The third-order valence-corrected chi connectivity index (χ3v) is 6.72. The predicted molar refractivity (Wildman–Crippen MR) is 105 cm³/mol. The lowest BCUT2D eigenvalue weighted by molar-refractivity contribution is 0.0759. The van der Waals surface area contributed by atoms with Gasteiger partial charge in [0.2, 0.25) is 10.0 Å². The molecule has 27 heavy (non-hydrogen) atoms. The number of likely N-dealkylation sites (tertiary alicyclic amines) is 1. The maximum absolute atomic E-state index is 13.2. The summed E-state index contributed by atoms with van der Waals surface area (Å²) in [5.41, 5.74) is 1.52. The molecule has 2 heterocycles. The van der Waals surface area contributed by atoms with Crippen molar-refractivity contribution in [1.82, 2.24) is 9.47 Å². The first-order valence-electron chi connectivity index (χ1n) is 9.34. The van der Waals surface area contributed by atoms with Gasteiger partial charge in [-0.15, -0.1) is 0 Å². The van der Waals surface area contributed by atoms with Crippen molar-refractivity contribution >= 4 is 15.9 Å². The number of hydrogen-bond donors (Lipinski definition) is 1. The monoisotopic (exact) mass is 389 g/mol. The van der Waals surface area contributed by atoms with Gasteiger partial charge in [-0.05, 0) is 36.3 Å². The summed E-state index contributed by atoms with van der Waals surface area (Å²) < 4.78 is 25.3. The summed E-state index contributed by atoms with van der Waals surface area (Å²) >= 11 is 0. The number of rotatable bonds is 6. The minimum absolute atomic E-state index is 0.0294. The van der Waals surface area contributed by atoms with Gasteiger partial charge in [-0.3, -0.25) is 4.79 Å². The van der Waals surface area contributed by atoms with Crippen LogP contribution < -0.4 is 5.14 Å². The number of nitrogens with two attached hydrogens (primary N) is 1. The molecule has 0 saturated carbocycles. The molecule has 1 saturated heterocycles. The molecule has 0 aliphatic carbocycles. The van der Waals surface area contributed by atoms with Crippen LogP contribution in [0, 0.1) is 5.41 Å². The quantitative estimate of drug-likeness (QED) is 0.824. The van der Waals surface area contributed by atoms with Gasteiger partial charge in [0.25, 0.3) is 5.91 Å². The summed E-state index contributed by atoms with van der Waals surface area (Å²) in [5, 5.41) is 5.31. The van der Waals surface area contributed by atoms with Crippen molar-refractivity contribution in [3.63, 3.8) is 0 Å². The second-order valence-electron chi connectivity index (χ2n) is 7.40. The Kier molecular flexibility index (Phi) is 5.44. The van der Waals surface area contributed by atoms with Gasteiger partial charge in [0, 0.05) is 25.8 Å². The van der Waals surface area contributed by atoms with Gasteiger partial charge in [-0.25, -0.2) is 13.6 Å². The maximum atomic E-state index is 13.2. The lowest BCUT2D eigenvalue weighted by Crippen LogP contribution is -2.33. The molecule has 1 aliphatic heterocycles. The van der Waals surface area contributed by atoms with Crippen LogP contribution in [0.1, 0.15) is 49.2 Å². The van der Waals surface area contributed by atoms with Crippen LogP contribution in [-0.4, -0.2) is 36.9 Å². The zero-order valence-electron chi connectivity index (χ0n) is 15.9. The van der Waals surface area contributed by atoms with Gasteiger partial charge in [-0.1, -0.05) is 44.2 Å².